The SMILES string of the molecule is O=S1(=O)c2ccccc2-c2nccc3ccnc1c23. The van der Waals surface area contributed by atoms with Gasteiger partial charge >= 0.3 is 0 Å². The third-order valence-corrected chi connectivity index (χ3v) is 5.08. The molecule has 2 aromatic heterocycles. The standard InChI is InChI=1S/C14H8N2O2S/c17-19(18)11-4-2-1-3-10(11)13-12-9(5-7-15-13)6-8-16-14(12)19/h1-8H. The maximum atomic E-state index is 12.6. The summed E-state index contributed by atoms with van der Waals surface area (Å²) in [5, 5.41) is 1.56. The highest BCUT2D eigenvalue weighted by Crippen LogP contribution is 2.41. The van der Waals surface area contributed by atoms with Crippen LogP contribution in [0.3, 0.4) is 0 Å². The number of hydrogen-bond acceptors (Lipinski definition) is 4. The molecule has 1 aromatic carbocycles. The van der Waals surface area contributed by atoms with E-state index in [4.69, 9.17) is 0 Å². The van der Waals surface area contributed by atoms with Crippen LogP contribution < -0.4 is 0 Å². The van der Waals surface area contributed by atoms with Gasteiger partial charge in [-0.3, -0.25) is 4.98 Å². The van der Waals surface area contributed by atoms with Crippen molar-refractivity contribution in [2.75, 3.05) is 0 Å². The number of sulfone groups is 1. The normalized spacial score (nSPS) is 15.2. The first-order chi connectivity index (χ1) is 9.19. The van der Waals surface area contributed by atoms with Crippen molar-refractivity contribution in [3.63, 3.8) is 0 Å². The molecule has 3 heterocycles. The molecule has 92 valence electrons. The Balaban J connectivity index is 2.36. The Bertz CT molecular complexity index is 928. The van der Waals surface area contributed by atoms with Crippen LogP contribution in [0.1, 0.15) is 0 Å². The predicted molar refractivity (Wildman–Crippen MR) is 70.4 cm³/mol. The molecule has 0 spiro atoms. The Morgan fingerprint density at radius 3 is 2.47 bits per heavy atom. The Morgan fingerprint density at radius 1 is 0.895 bits per heavy atom. The van der Waals surface area contributed by atoms with Gasteiger partial charge in [0, 0.05) is 23.3 Å². The number of hydrogen-bond donors (Lipinski definition) is 0. The molecule has 3 aromatic rings. The lowest BCUT2D eigenvalue weighted by Gasteiger charge is -2.18. The van der Waals surface area contributed by atoms with Gasteiger partial charge in [0.25, 0.3) is 0 Å². The molecular formula is C14H8N2O2S. The Morgan fingerprint density at radius 2 is 1.63 bits per heavy atom. The molecule has 0 fully saturated rings. The van der Waals surface area contributed by atoms with Gasteiger partial charge in [0.2, 0.25) is 9.84 Å². The van der Waals surface area contributed by atoms with E-state index in [1.165, 1.54) is 6.20 Å². The van der Waals surface area contributed by atoms with Crippen LogP contribution in [-0.2, 0) is 9.84 Å². The zero-order chi connectivity index (χ0) is 13.0. The molecule has 4 nitrogen and oxygen atoms in total. The maximum Gasteiger partial charge on any atom is 0.225 e. The monoisotopic (exact) mass is 268 g/mol. The molecule has 1 aliphatic rings. The highest BCUT2D eigenvalue weighted by Gasteiger charge is 2.32. The van der Waals surface area contributed by atoms with Gasteiger partial charge in [0.1, 0.15) is 0 Å². The minimum atomic E-state index is -3.56. The lowest BCUT2D eigenvalue weighted by atomic mass is 10.1. The first-order valence-electron chi connectivity index (χ1n) is 5.78. The van der Waals surface area contributed by atoms with Crippen molar-refractivity contribution in [2.24, 2.45) is 0 Å². The predicted octanol–water partition coefficient (Wildman–Crippen LogP) is 2.44. The van der Waals surface area contributed by atoms with Crippen molar-refractivity contribution < 1.29 is 8.42 Å². The summed E-state index contributed by atoms with van der Waals surface area (Å²) in [6.45, 7) is 0. The highest BCUT2D eigenvalue weighted by molar-refractivity contribution is 7.91. The van der Waals surface area contributed by atoms with Crippen LogP contribution in [0, 0.1) is 0 Å². The highest BCUT2D eigenvalue weighted by atomic mass is 32.2. The van der Waals surface area contributed by atoms with Crippen LogP contribution in [0.15, 0.2) is 58.7 Å². The third kappa shape index (κ3) is 1.25. The van der Waals surface area contributed by atoms with Gasteiger partial charge in [-0.1, -0.05) is 18.2 Å². The zero-order valence-electron chi connectivity index (χ0n) is 9.74. The summed E-state index contributed by atoms with van der Waals surface area (Å²) in [5.74, 6) is 0. The minimum absolute atomic E-state index is 0.104. The summed E-state index contributed by atoms with van der Waals surface area (Å²) in [7, 11) is -3.56. The van der Waals surface area contributed by atoms with Crippen LogP contribution in [0.4, 0.5) is 0 Å². The first kappa shape index (κ1) is 10.6. The number of fused-ring (bicyclic) bond motifs is 2. The molecular weight excluding hydrogens is 260 g/mol. The molecule has 0 saturated carbocycles. The minimum Gasteiger partial charge on any atom is -0.255 e. The molecule has 19 heavy (non-hydrogen) atoms. The summed E-state index contributed by atoms with van der Waals surface area (Å²) in [6, 6.07) is 10.5. The molecule has 0 saturated heterocycles. The summed E-state index contributed by atoms with van der Waals surface area (Å²) >= 11 is 0. The fourth-order valence-electron chi connectivity index (χ4n) is 2.50. The van der Waals surface area contributed by atoms with Crippen LogP contribution in [0.2, 0.25) is 0 Å². The Labute approximate surface area is 109 Å². The number of benzene rings is 1. The van der Waals surface area contributed by atoms with E-state index in [0.29, 0.717) is 16.6 Å². The summed E-state index contributed by atoms with van der Waals surface area (Å²) in [4.78, 5) is 8.68. The molecule has 0 radical (unpaired) electrons. The van der Waals surface area contributed by atoms with Crippen LogP contribution in [0.25, 0.3) is 22.0 Å². The maximum absolute atomic E-state index is 12.6. The van der Waals surface area contributed by atoms with E-state index in [1.807, 2.05) is 6.07 Å². The average molecular weight is 268 g/mol. The molecule has 0 unspecified atom stereocenters. The van der Waals surface area contributed by atoms with Crippen LogP contribution >= 0.6 is 0 Å². The molecule has 5 heteroatoms. The second-order valence-corrected chi connectivity index (χ2v) is 6.21. The van der Waals surface area contributed by atoms with E-state index in [9.17, 15) is 8.42 Å². The van der Waals surface area contributed by atoms with Crippen molar-refractivity contribution in [2.45, 2.75) is 9.92 Å². The molecule has 4 rings (SSSR count). The van der Waals surface area contributed by atoms with Crippen LogP contribution in [0.5, 0.6) is 0 Å². The van der Waals surface area contributed by atoms with E-state index < -0.39 is 9.84 Å². The van der Waals surface area contributed by atoms with Gasteiger partial charge in [0.05, 0.1) is 10.6 Å². The van der Waals surface area contributed by atoms with E-state index >= 15 is 0 Å². The number of pyridine rings is 2. The topological polar surface area (TPSA) is 59.9 Å². The van der Waals surface area contributed by atoms with Gasteiger partial charge in [0.15, 0.2) is 5.03 Å². The first-order valence-corrected chi connectivity index (χ1v) is 7.26. The molecule has 0 N–H and O–H groups in total. The second-order valence-electron chi connectivity index (χ2n) is 4.37. The van der Waals surface area contributed by atoms with Gasteiger partial charge in [-0.15, -0.1) is 0 Å². The largest absolute Gasteiger partial charge is 0.255 e. The molecule has 0 aliphatic carbocycles. The van der Waals surface area contributed by atoms with Crippen LogP contribution in [-0.4, -0.2) is 18.4 Å². The van der Waals surface area contributed by atoms with Crippen molar-refractivity contribution in [1.82, 2.24) is 9.97 Å². The Hall–Kier alpha value is -2.27. The van der Waals surface area contributed by atoms with Gasteiger partial charge in [-0.2, -0.15) is 0 Å². The fraction of sp³-hybridized carbons (Fsp3) is 0. The van der Waals surface area contributed by atoms with Gasteiger partial charge in [-0.25, -0.2) is 13.4 Å². The van der Waals surface area contributed by atoms with E-state index in [2.05, 4.69) is 9.97 Å². The zero-order valence-corrected chi connectivity index (χ0v) is 10.6. The van der Waals surface area contributed by atoms with Gasteiger partial charge in [-0.05, 0) is 23.6 Å². The summed E-state index contributed by atoms with van der Waals surface area (Å²) < 4.78 is 25.2. The van der Waals surface area contributed by atoms with Gasteiger partial charge < -0.3 is 0 Å². The number of aromatic nitrogens is 2. The quantitative estimate of drug-likeness (QED) is 0.491. The van der Waals surface area contributed by atoms with E-state index in [1.54, 1.807) is 36.5 Å². The molecule has 1 aliphatic heterocycles. The summed E-state index contributed by atoms with van der Waals surface area (Å²) in [5.41, 5.74) is 1.33. The fourth-order valence-corrected chi connectivity index (χ4v) is 4.10. The molecule has 0 atom stereocenters. The lowest BCUT2D eigenvalue weighted by molar-refractivity contribution is 0.593. The Kier molecular flexibility index (Phi) is 1.90. The smallest absolute Gasteiger partial charge is 0.225 e. The molecule has 0 bridgehead atoms. The number of rotatable bonds is 0. The van der Waals surface area contributed by atoms with Crippen molar-refractivity contribution in [1.29, 1.82) is 0 Å². The lowest BCUT2D eigenvalue weighted by Crippen LogP contribution is -2.12. The number of nitrogens with zero attached hydrogens (tertiary/aromatic N) is 2. The molecule has 0 amide bonds. The van der Waals surface area contributed by atoms with E-state index in [0.717, 1.165) is 5.39 Å². The van der Waals surface area contributed by atoms with Crippen molar-refractivity contribution >= 4 is 20.6 Å². The second kappa shape index (κ2) is 3.39. The van der Waals surface area contributed by atoms with E-state index in [-0.39, 0.29) is 9.92 Å². The van der Waals surface area contributed by atoms with Crippen molar-refractivity contribution in [3.05, 3.63) is 48.8 Å². The third-order valence-electron chi connectivity index (χ3n) is 3.33. The summed E-state index contributed by atoms with van der Waals surface area (Å²) in [6.07, 6.45) is 3.21. The van der Waals surface area contributed by atoms with Crippen molar-refractivity contribution in [3.8, 4) is 11.3 Å². The average Bonchev–Trinajstić information content (AvgIpc) is 2.45.